The zero-order valence-electron chi connectivity index (χ0n) is 15.5. The molecule has 3 rings (SSSR count). The van der Waals surface area contributed by atoms with Crippen LogP contribution < -0.4 is 11.1 Å². The summed E-state index contributed by atoms with van der Waals surface area (Å²) in [5.41, 5.74) is 8.34. The van der Waals surface area contributed by atoms with E-state index in [1.807, 2.05) is 13.8 Å². The van der Waals surface area contributed by atoms with Crippen LogP contribution in [0, 0.1) is 13.8 Å². The van der Waals surface area contributed by atoms with Gasteiger partial charge in [0.1, 0.15) is 10.6 Å². The summed E-state index contributed by atoms with van der Waals surface area (Å²) in [5.74, 6) is 0.194. The summed E-state index contributed by atoms with van der Waals surface area (Å²) in [6.07, 6.45) is 0. The number of benzene rings is 1. The topological polar surface area (TPSA) is 98.0 Å². The Balaban J connectivity index is 1.76. The normalized spacial score (nSPS) is 12.1. The van der Waals surface area contributed by atoms with E-state index in [2.05, 4.69) is 15.3 Å². The smallest absolute Gasteiger partial charge is 0.237 e. The molecule has 0 bridgehead atoms. The van der Waals surface area contributed by atoms with E-state index >= 15 is 0 Å². The summed E-state index contributed by atoms with van der Waals surface area (Å²) in [5, 5.41) is 3.76. The largest absolute Gasteiger partial charge is 0.383 e. The molecule has 0 aliphatic carbocycles. The molecule has 0 saturated heterocycles. The van der Waals surface area contributed by atoms with E-state index in [9.17, 15) is 9.59 Å². The number of fused-ring (bicyclic) bond motifs is 1. The van der Waals surface area contributed by atoms with Crippen LogP contribution in [0.15, 0.2) is 29.4 Å². The minimum absolute atomic E-state index is 0.0489. The molecule has 3 N–H and O–H groups in total. The summed E-state index contributed by atoms with van der Waals surface area (Å²) in [4.78, 5) is 34.9. The van der Waals surface area contributed by atoms with Gasteiger partial charge in [0, 0.05) is 16.1 Å². The first kappa shape index (κ1) is 19.3. The van der Waals surface area contributed by atoms with E-state index in [0.29, 0.717) is 22.2 Å². The summed E-state index contributed by atoms with van der Waals surface area (Å²) in [7, 11) is 0. The van der Waals surface area contributed by atoms with Gasteiger partial charge in [-0.25, -0.2) is 9.97 Å². The summed E-state index contributed by atoms with van der Waals surface area (Å²) >= 11 is 2.82. The molecule has 140 valence electrons. The van der Waals surface area contributed by atoms with Gasteiger partial charge in [-0.2, -0.15) is 0 Å². The van der Waals surface area contributed by atoms with Crippen molar-refractivity contribution in [1.82, 2.24) is 9.97 Å². The molecule has 2 heterocycles. The number of carbonyl (C=O) groups excluding carboxylic acids is 2. The maximum Gasteiger partial charge on any atom is 0.237 e. The Hall–Kier alpha value is -2.45. The molecule has 3 aromatic rings. The highest BCUT2D eigenvalue weighted by molar-refractivity contribution is 8.00. The number of aryl methyl sites for hydroxylation is 2. The second-order valence-electron chi connectivity index (χ2n) is 6.24. The molecule has 0 aliphatic rings. The predicted molar refractivity (Wildman–Crippen MR) is 112 cm³/mol. The number of carbonyl (C=O) groups is 2. The Bertz CT molecular complexity index is 1050. The maximum atomic E-state index is 12.5. The lowest BCUT2D eigenvalue weighted by molar-refractivity contribution is -0.115. The Labute approximate surface area is 165 Å². The summed E-state index contributed by atoms with van der Waals surface area (Å²) in [6, 6.07) is 6.87. The maximum absolute atomic E-state index is 12.5. The van der Waals surface area contributed by atoms with Crippen molar-refractivity contribution in [3.8, 4) is 0 Å². The van der Waals surface area contributed by atoms with Crippen molar-refractivity contribution in [2.45, 2.75) is 38.1 Å². The molecular formula is C19H20N4O2S2. The van der Waals surface area contributed by atoms with Crippen molar-refractivity contribution in [3.05, 3.63) is 40.3 Å². The number of rotatable bonds is 5. The quantitative estimate of drug-likeness (QED) is 0.378. The number of ketones is 1. The molecule has 0 aliphatic heterocycles. The van der Waals surface area contributed by atoms with Gasteiger partial charge in [0.15, 0.2) is 10.9 Å². The average molecular weight is 401 g/mol. The lowest BCUT2D eigenvalue weighted by Crippen LogP contribution is -2.22. The summed E-state index contributed by atoms with van der Waals surface area (Å²) in [6.45, 7) is 7.31. The number of nitrogens with zero attached hydrogens (tertiary/aromatic N) is 2. The predicted octanol–water partition coefficient (Wildman–Crippen LogP) is 4.21. The van der Waals surface area contributed by atoms with Gasteiger partial charge in [0.2, 0.25) is 5.91 Å². The third-order valence-corrected chi connectivity index (χ3v) is 6.29. The van der Waals surface area contributed by atoms with Crippen LogP contribution in [0.3, 0.4) is 0 Å². The Morgan fingerprint density at radius 3 is 2.70 bits per heavy atom. The molecule has 0 saturated carbocycles. The van der Waals surface area contributed by atoms with Gasteiger partial charge in [0.25, 0.3) is 0 Å². The first-order valence-corrected chi connectivity index (χ1v) is 10.1. The first-order valence-electron chi connectivity index (χ1n) is 8.38. The van der Waals surface area contributed by atoms with Gasteiger partial charge >= 0.3 is 0 Å². The van der Waals surface area contributed by atoms with E-state index in [1.165, 1.54) is 18.7 Å². The molecule has 1 atom stereocenters. The van der Waals surface area contributed by atoms with E-state index in [4.69, 9.17) is 5.73 Å². The van der Waals surface area contributed by atoms with Gasteiger partial charge in [0.05, 0.1) is 10.6 Å². The number of thioether (sulfide) groups is 1. The van der Waals surface area contributed by atoms with Gasteiger partial charge in [-0.05, 0) is 45.4 Å². The van der Waals surface area contributed by atoms with Gasteiger partial charge in [-0.3, -0.25) is 9.59 Å². The highest BCUT2D eigenvalue weighted by Crippen LogP contribution is 2.34. The molecule has 27 heavy (non-hydrogen) atoms. The molecule has 8 heteroatoms. The third kappa shape index (κ3) is 4.12. The summed E-state index contributed by atoms with van der Waals surface area (Å²) < 4.78 is 0. The number of hydrogen-bond donors (Lipinski definition) is 2. The number of anilines is 2. The van der Waals surface area contributed by atoms with Crippen molar-refractivity contribution in [2.75, 3.05) is 11.1 Å². The minimum atomic E-state index is -0.426. The number of nitrogen functional groups attached to an aromatic ring is 1. The van der Waals surface area contributed by atoms with Crippen LogP contribution in [-0.2, 0) is 4.79 Å². The standard InChI is InChI=1S/C19H20N4O2S2/c1-9-11(3)26-18-15(9)16(20)22-19(23-18)27-12(4)17(25)21-14-7-5-6-13(8-14)10(2)24/h5-8,12H,1-4H3,(H,21,25)(H2,20,22,23). The fourth-order valence-electron chi connectivity index (χ4n) is 2.58. The van der Waals surface area contributed by atoms with E-state index in [1.54, 1.807) is 42.5 Å². The molecule has 2 aromatic heterocycles. The van der Waals surface area contributed by atoms with Crippen LogP contribution in [0.4, 0.5) is 11.5 Å². The molecule has 1 unspecified atom stereocenters. The Kier molecular flexibility index (Phi) is 5.48. The van der Waals surface area contributed by atoms with Crippen LogP contribution in [-0.4, -0.2) is 26.9 Å². The lowest BCUT2D eigenvalue weighted by Gasteiger charge is -2.12. The molecule has 0 radical (unpaired) electrons. The third-order valence-electron chi connectivity index (χ3n) is 4.22. The molecular weight excluding hydrogens is 380 g/mol. The van der Waals surface area contributed by atoms with E-state index in [-0.39, 0.29) is 11.7 Å². The van der Waals surface area contributed by atoms with Gasteiger partial charge in [-0.1, -0.05) is 23.9 Å². The number of nitrogens with one attached hydrogen (secondary N) is 1. The molecule has 1 amide bonds. The van der Waals surface area contributed by atoms with E-state index in [0.717, 1.165) is 20.7 Å². The number of hydrogen-bond acceptors (Lipinski definition) is 7. The highest BCUT2D eigenvalue weighted by Gasteiger charge is 2.19. The SMILES string of the molecule is CC(=O)c1cccc(NC(=O)C(C)Sc2nc(N)c3c(C)c(C)sc3n2)c1. The van der Waals surface area contributed by atoms with Crippen LogP contribution in [0.5, 0.6) is 0 Å². The Morgan fingerprint density at radius 2 is 2.00 bits per heavy atom. The van der Waals surface area contributed by atoms with Crippen molar-refractivity contribution in [3.63, 3.8) is 0 Å². The number of nitrogens with two attached hydrogens (primary N) is 1. The number of aromatic nitrogens is 2. The van der Waals surface area contributed by atoms with Crippen LogP contribution in [0.2, 0.25) is 0 Å². The van der Waals surface area contributed by atoms with Crippen molar-refractivity contribution < 1.29 is 9.59 Å². The van der Waals surface area contributed by atoms with Crippen molar-refractivity contribution in [2.24, 2.45) is 0 Å². The monoisotopic (exact) mass is 400 g/mol. The molecule has 0 fully saturated rings. The number of amides is 1. The van der Waals surface area contributed by atoms with Gasteiger partial charge < -0.3 is 11.1 Å². The second kappa shape index (κ2) is 7.66. The van der Waals surface area contributed by atoms with Crippen molar-refractivity contribution >= 4 is 56.5 Å². The lowest BCUT2D eigenvalue weighted by atomic mass is 10.1. The average Bonchev–Trinajstić information content (AvgIpc) is 2.89. The number of thiophene rings is 1. The van der Waals surface area contributed by atoms with Crippen LogP contribution in [0.25, 0.3) is 10.2 Å². The fraction of sp³-hybridized carbons (Fsp3) is 0.263. The molecule has 0 spiro atoms. The zero-order valence-corrected chi connectivity index (χ0v) is 17.1. The van der Waals surface area contributed by atoms with Crippen LogP contribution >= 0.6 is 23.1 Å². The van der Waals surface area contributed by atoms with Gasteiger partial charge in [-0.15, -0.1) is 11.3 Å². The van der Waals surface area contributed by atoms with Crippen molar-refractivity contribution in [1.29, 1.82) is 0 Å². The van der Waals surface area contributed by atoms with E-state index < -0.39 is 5.25 Å². The second-order valence-corrected chi connectivity index (χ2v) is 8.75. The zero-order chi connectivity index (χ0) is 19.7. The highest BCUT2D eigenvalue weighted by atomic mass is 32.2. The fourth-order valence-corrected chi connectivity index (χ4v) is 4.46. The van der Waals surface area contributed by atoms with Crippen LogP contribution in [0.1, 0.15) is 34.6 Å². The minimum Gasteiger partial charge on any atom is -0.383 e. The number of Topliss-reactive ketones (excluding diaryl/α,β-unsaturated/α-hetero) is 1. The molecule has 1 aromatic carbocycles. The Morgan fingerprint density at radius 1 is 1.26 bits per heavy atom. The first-order chi connectivity index (χ1) is 12.8. The molecule has 6 nitrogen and oxygen atoms in total.